The molecule has 0 bridgehead atoms. The zero-order valence-corrected chi connectivity index (χ0v) is 11.8. The number of aryl methyl sites for hydroxylation is 1. The van der Waals surface area contributed by atoms with Gasteiger partial charge in [0.2, 0.25) is 0 Å². The highest BCUT2D eigenvalue weighted by Crippen LogP contribution is 2.22. The van der Waals surface area contributed by atoms with Gasteiger partial charge in [0.15, 0.2) is 0 Å². The summed E-state index contributed by atoms with van der Waals surface area (Å²) in [5.41, 5.74) is 3.22. The lowest BCUT2D eigenvalue weighted by Gasteiger charge is -2.25. The first-order valence-electron chi connectivity index (χ1n) is 5.68. The molecule has 0 atom stereocenters. The molecule has 0 fully saturated rings. The summed E-state index contributed by atoms with van der Waals surface area (Å²) in [5, 5.41) is 7.37. The van der Waals surface area contributed by atoms with Crippen LogP contribution in [0.4, 0.5) is 0 Å². The fraction of sp³-hybridized carbons (Fsp3) is 0.667. The molecule has 3 nitrogen and oxygen atoms in total. The van der Waals surface area contributed by atoms with E-state index in [1.165, 1.54) is 0 Å². The monoisotopic (exact) mass is 239 g/mol. The van der Waals surface area contributed by atoms with E-state index in [-0.39, 0.29) is 0 Å². The van der Waals surface area contributed by atoms with Crippen molar-refractivity contribution in [2.75, 3.05) is 7.05 Å². The summed E-state index contributed by atoms with van der Waals surface area (Å²) < 4.78 is 0. The SMILES string of the molecule is Cc1[nH]nc(C(C)C)c1C(=S)N(C)C(C)C. The second-order valence-corrected chi connectivity index (χ2v) is 5.16. The zero-order valence-electron chi connectivity index (χ0n) is 11.0. The minimum Gasteiger partial charge on any atom is -0.363 e. The molecule has 0 aromatic carbocycles. The van der Waals surface area contributed by atoms with Crippen LogP contribution in [0.25, 0.3) is 0 Å². The maximum absolute atomic E-state index is 5.53. The van der Waals surface area contributed by atoms with Crippen molar-refractivity contribution in [1.82, 2.24) is 15.1 Å². The maximum Gasteiger partial charge on any atom is 0.112 e. The van der Waals surface area contributed by atoms with Gasteiger partial charge in [-0.05, 0) is 26.7 Å². The molecule has 0 amide bonds. The minimum absolute atomic E-state index is 0.387. The molecule has 90 valence electrons. The Hall–Kier alpha value is -0.900. The van der Waals surface area contributed by atoms with Gasteiger partial charge in [0.1, 0.15) is 4.99 Å². The van der Waals surface area contributed by atoms with Gasteiger partial charge in [-0.25, -0.2) is 0 Å². The molecule has 0 radical (unpaired) electrons. The van der Waals surface area contributed by atoms with Crippen LogP contribution in [-0.2, 0) is 0 Å². The molecule has 1 aromatic heterocycles. The molecule has 1 heterocycles. The average Bonchev–Trinajstić information content (AvgIpc) is 2.57. The van der Waals surface area contributed by atoms with Gasteiger partial charge in [-0.1, -0.05) is 26.1 Å². The third-order valence-corrected chi connectivity index (χ3v) is 3.32. The van der Waals surface area contributed by atoms with Gasteiger partial charge in [0.05, 0.1) is 11.3 Å². The minimum atomic E-state index is 0.387. The van der Waals surface area contributed by atoms with E-state index >= 15 is 0 Å². The van der Waals surface area contributed by atoms with Gasteiger partial charge in [-0.3, -0.25) is 5.10 Å². The van der Waals surface area contributed by atoms with Crippen LogP contribution >= 0.6 is 12.2 Å². The first kappa shape index (κ1) is 13.2. The number of hydrogen-bond donors (Lipinski definition) is 1. The van der Waals surface area contributed by atoms with Crippen LogP contribution in [0, 0.1) is 6.92 Å². The number of aromatic nitrogens is 2. The number of H-pyrrole nitrogens is 1. The molecule has 1 aromatic rings. The van der Waals surface area contributed by atoms with E-state index in [0.717, 1.165) is 21.9 Å². The Balaban J connectivity index is 3.12. The van der Waals surface area contributed by atoms with Crippen molar-refractivity contribution >= 4 is 17.2 Å². The van der Waals surface area contributed by atoms with Crippen molar-refractivity contribution in [3.05, 3.63) is 17.0 Å². The topological polar surface area (TPSA) is 31.9 Å². The van der Waals surface area contributed by atoms with Gasteiger partial charge < -0.3 is 4.90 Å². The Labute approximate surface area is 103 Å². The summed E-state index contributed by atoms with van der Waals surface area (Å²) in [6, 6.07) is 0.404. The number of nitrogens with one attached hydrogen (secondary N) is 1. The quantitative estimate of drug-likeness (QED) is 0.823. The Kier molecular flexibility index (Phi) is 4.08. The van der Waals surface area contributed by atoms with Crippen molar-refractivity contribution in [3.8, 4) is 0 Å². The van der Waals surface area contributed by atoms with Gasteiger partial charge in [-0.2, -0.15) is 5.10 Å². The molecule has 0 saturated carbocycles. The number of thiocarbonyl (C=S) groups is 1. The average molecular weight is 239 g/mol. The summed E-state index contributed by atoms with van der Waals surface area (Å²) in [4.78, 5) is 2.99. The predicted octanol–water partition coefficient (Wildman–Crippen LogP) is 2.86. The molecule has 16 heavy (non-hydrogen) atoms. The Morgan fingerprint density at radius 1 is 1.31 bits per heavy atom. The van der Waals surface area contributed by atoms with Crippen LogP contribution in [0.3, 0.4) is 0 Å². The van der Waals surface area contributed by atoms with E-state index in [2.05, 4.69) is 42.8 Å². The van der Waals surface area contributed by atoms with Crippen molar-refractivity contribution in [2.45, 2.75) is 46.6 Å². The third kappa shape index (κ3) is 2.43. The van der Waals surface area contributed by atoms with E-state index in [0.29, 0.717) is 12.0 Å². The Morgan fingerprint density at radius 3 is 2.31 bits per heavy atom. The van der Waals surface area contributed by atoms with Crippen LogP contribution in [0.1, 0.15) is 50.6 Å². The van der Waals surface area contributed by atoms with Crippen LogP contribution in [0.5, 0.6) is 0 Å². The first-order chi connectivity index (χ1) is 7.36. The van der Waals surface area contributed by atoms with Crippen molar-refractivity contribution in [3.63, 3.8) is 0 Å². The van der Waals surface area contributed by atoms with Crippen LogP contribution in [0.2, 0.25) is 0 Å². The van der Waals surface area contributed by atoms with Crippen LogP contribution < -0.4 is 0 Å². The zero-order chi connectivity index (χ0) is 12.5. The van der Waals surface area contributed by atoms with Crippen molar-refractivity contribution < 1.29 is 0 Å². The first-order valence-corrected chi connectivity index (χ1v) is 6.09. The highest BCUT2D eigenvalue weighted by atomic mass is 32.1. The standard InChI is InChI=1S/C12H21N3S/c1-7(2)11-10(9(5)13-14-11)12(16)15(6)8(3)4/h7-8H,1-6H3,(H,13,14). The Morgan fingerprint density at radius 2 is 1.88 bits per heavy atom. The van der Waals surface area contributed by atoms with E-state index in [9.17, 15) is 0 Å². The fourth-order valence-corrected chi connectivity index (χ4v) is 2.02. The van der Waals surface area contributed by atoms with Crippen LogP contribution in [-0.4, -0.2) is 33.2 Å². The fourth-order valence-electron chi connectivity index (χ4n) is 1.55. The van der Waals surface area contributed by atoms with E-state index in [1.807, 2.05) is 14.0 Å². The summed E-state index contributed by atoms with van der Waals surface area (Å²) in [7, 11) is 2.03. The molecule has 0 aliphatic rings. The molecule has 0 aliphatic heterocycles. The van der Waals surface area contributed by atoms with E-state index in [4.69, 9.17) is 12.2 Å². The highest BCUT2D eigenvalue weighted by Gasteiger charge is 2.20. The smallest absolute Gasteiger partial charge is 0.112 e. The molecule has 0 unspecified atom stereocenters. The maximum atomic E-state index is 5.53. The van der Waals surface area contributed by atoms with Gasteiger partial charge >= 0.3 is 0 Å². The van der Waals surface area contributed by atoms with E-state index in [1.54, 1.807) is 0 Å². The van der Waals surface area contributed by atoms with Crippen molar-refractivity contribution in [1.29, 1.82) is 0 Å². The number of rotatable bonds is 3. The molecule has 1 rings (SSSR count). The number of nitrogens with zero attached hydrogens (tertiary/aromatic N) is 2. The second kappa shape index (κ2) is 4.95. The number of hydrogen-bond acceptors (Lipinski definition) is 2. The molecule has 1 N–H and O–H groups in total. The van der Waals surface area contributed by atoms with Gasteiger partial charge in [0.25, 0.3) is 0 Å². The summed E-state index contributed by atoms with van der Waals surface area (Å²) in [6.45, 7) is 10.6. The van der Waals surface area contributed by atoms with E-state index < -0.39 is 0 Å². The lowest BCUT2D eigenvalue weighted by molar-refractivity contribution is 0.424. The number of aromatic amines is 1. The normalized spacial score (nSPS) is 11.2. The molecular weight excluding hydrogens is 218 g/mol. The molecule has 0 spiro atoms. The summed E-state index contributed by atoms with van der Waals surface area (Å²) in [5.74, 6) is 0.387. The highest BCUT2D eigenvalue weighted by molar-refractivity contribution is 7.80. The molecule has 0 saturated heterocycles. The van der Waals surface area contributed by atoms with Crippen LogP contribution in [0.15, 0.2) is 0 Å². The lowest BCUT2D eigenvalue weighted by Crippen LogP contribution is -2.33. The molecular formula is C12H21N3S. The molecule has 4 heteroatoms. The van der Waals surface area contributed by atoms with Gasteiger partial charge in [-0.15, -0.1) is 0 Å². The van der Waals surface area contributed by atoms with Crippen molar-refractivity contribution in [2.24, 2.45) is 0 Å². The lowest BCUT2D eigenvalue weighted by atomic mass is 10.0. The molecule has 0 aliphatic carbocycles. The third-order valence-electron chi connectivity index (χ3n) is 2.83. The summed E-state index contributed by atoms with van der Waals surface area (Å²) in [6.07, 6.45) is 0. The summed E-state index contributed by atoms with van der Waals surface area (Å²) >= 11 is 5.53. The Bertz CT molecular complexity index is 380. The largest absolute Gasteiger partial charge is 0.363 e. The second-order valence-electron chi connectivity index (χ2n) is 4.77. The predicted molar refractivity (Wildman–Crippen MR) is 72.0 cm³/mol. The van der Waals surface area contributed by atoms with Gasteiger partial charge in [0, 0.05) is 18.8 Å².